The molecule has 2 heterocycles. The Hall–Kier alpha value is -4.67. The van der Waals surface area contributed by atoms with Crippen molar-refractivity contribution in [3.63, 3.8) is 0 Å². The number of hydrogen-bond acceptors (Lipinski definition) is 5. The molecule has 1 aliphatic rings. The summed E-state index contributed by atoms with van der Waals surface area (Å²) in [5.74, 6) is -2.86. The average Bonchev–Trinajstić information content (AvgIpc) is 3.65. The van der Waals surface area contributed by atoms with Crippen molar-refractivity contribution in [2.75, 3.05) is 13.2 Å². The molecule has 3 atom stereocenters. The highest BCUT2D eigenvalue weighted by molar-refractivity contribution is 5.98. The third kappa shape index (κ3) is 8.68. The first-order valence-corrected chi connectivity index (χ1v) is 14.4. The van der Waals surface area contributed by atoms with Gasteiger partial charge in [-0.3, -0.25) is 14.4 Å². The SMILES string of the molecule is CCOC(=O)/C=C/[C@H](C[C@@H]1CCNC1=O)NC(=O)[C@@H](CC(=O)c1ccc(-c2ccccc2C(F)(F)F)[nH]1)Cc1ccccc1. The topological polar surface area (TPSA) is 117 Å². The van der Waals surface area contributed by atoms with Crippen LogP contribution in [-0.2, 0) is 31.7 Å². The van der Waals surface area contributed by atoms with Gasteiger partial charge < -0.3 is 20.4 Å². The maximum Gasteiger partial charge on any atom is 0.417 e. The largest absolute Gasteiger partial charge is 0.463 e. The van der Waals surface area contributed by atoms with Crippen LogP contribution in [0.2, 0.25) is 0 Å². The van der Waals surface area contributed by atoms with E-state index in [1.54, 1.807) is 6.92 Å². The quantitative estimate of drug-likeness (QED) is 0.139. The highest BCUT2D eigenvalue weighted by Crippen LogP contribution is 2.36. The monoisotopic (exact) mass is 609 g/mol. The van der Waals surface area contributed by atoms with E-state index in [4.69, 9.17) is 4.74 Å². The number of halogens is 3. The fraction of sp³-hybridized carbons (Fsp3) is 0.333. The molecule has 0 spiro atoms. The Morgan fingerprint density at radius 2 is 1.77 bits per heavy atom. The smallest absolute Gasteiger partial charge is 0.417 e. The minimum absolute atomic E-state index is 0.0734. The molecule has 1 saturated heterocycles. The minimum atomic E-state index is -4.58. The summed E-state index contributed by atoms with van der Waals surface area (Å²) < 4.78 is 45.7. The van der Waals surface area contributed by atoms with Crippen LogP contribution in [0, 0.1) is 11.8 Å². The van der Waals surface area contributed by atoms with Crippen molar-refractivity contribution in [2.45, 2.75) is 44.8 Å². The molecule has 1 fully saturated rings. The van der Waals surface area contributed by atoms with Gasteiger partial charge in [0.1, 0.15) is 0 Å². The summed E-state index contributed by atoms with van der Waals surface area (Å²) in [5.41, 5.74) is 0.0823. The summed E-state index contributed by atoms with van der Waals surface area (Å²) in [6.07, 6.45) is -1.09. The Kier molecular flexibility index (Phi) is 10.8. The van der Waals surface area contributed by atoms with E-state index in [2.05, 4.69) is 15.6 Å². The van der Waals surface area contributed by atoms with Gasteiger partial charge >= 0.3 is 12.1 Å². The maximum atomic E-state index is 13.7. The summed E-state index contributed by atoms with van der Waals surface area (Å²) in [4.78, 5) is 54.1. The number of rotatable bonds is 13. The lowest BCUT2D eigenvalue weighted by Gasteiger charge is -2.22. The fourth-order valence-electron chi connectivity index (χ4n) is 5.22. The standard InChI is InChI=1S/C33H34F3N3O5/c1-2-44-30(41)15-12-24(19-22-16-17-37-31(22)42)38-32(43)23(18-21-8-4-3-5-9-21)20-29(40)28-14-13-27(39-28)25-10-6-7-11-26(25)33(34,35)36/h3-15,22-24,39H,2,16-20H2,1H3,(H,37,42)(H,38,43)/b15-12+/t22-,23+,24+/m0/s1. The number of nitrogens with one attached hydrogen (secondary N) is 3. The molecule has 11 heteroatoms. The number of carbonyl (C=O) groups excluding carboxylic acids is 4. The first-order chi connectivity index (χ1) is 21.0. The minimum Gasteiger partial charge on any atom is -0.463 e. The van der Waals surface area contributed by atoms with Gasteiger partial charge in [-0.15, -0.1) is 0 Å². The van der Waals surface area contributed by atoms with Gasteiger partial charge in [-0.25, -0.2) is 4.79 Å². The molecular weight excluding hydrogens is 575 g/mol. The number of hydrogen-bond donors (Lipinski definition) is 3. The number of aromatic amines is 1. The Balaban J connectivity index is 1.55. The molecule has 232 valence electrons. The van der Waals surface area contributed by atoms with Crippen molar-refractivity contribution in [2.24, 2.45) is 11.8 Å². The van der Waals surface area contributed by atoms with Crippen LogP contribution in [0.1, 0.15) is 47.8 Å². The van der Waals surface area contributed by atoms with Crippen molar-refractivity contribution >= 4 is 23.6 Å². The van der Waals surface area contributed by atoms with Crippen LogP contribution in [0.5, 0.6) is 0 Å². The highest BCUT2D eigenvalue weighted by Gasteiger charge is 2.34. The first-order valence-electron chi connectivity index (χ1n) is 14.4. The van der Waals surface area contributed by atoms with Gasteiger partial charge in [0.25, 0.3) is 0 Å². The van der Waals surface area contributed by atoms with Crippen molar-refractivity contribution in [3.8, 4) is 11.3 Å². The van der Waals surface area contributed by atoms with E-state index >= 15 is 0 Å². The third-order valence-electron chi connectivity index (χ3n) is 7.42. The van der Waals surface area contributed by atoms with E-state index in [-0.39, 0.29) is 54.6 Å². The highest BCUT2D eigenvalue weighted by atomic mass is 19.4. The average molecular weight is 610 g/mol. The lowest BCUT2D eigenvalue weighted by molar-refractivity contribution is -0.138. The Bertz CT molecular complexity index is 1500. The van der Waals surface area contributed by atoms with Gasteiger partial charge in [0, 0.05) is 48.2 Å². The summed E-state index contributed by atoms with van der Waals surface area (Å²) in [6, 6.07) is 16.3. The predicted molar refractivity (Wildman–Crippen MR) is 157 cm³/mol. The molecule has 1 aromatic heterocycles. The van der Waals surface area contributed by atoms with E-state index in [1.165, 1.54) is 42.5 Å². The molecule has 4 rings (SSSR count). The van der Waals surface area contributed by atoms with Crippen LogP contribution in [0.25, 0.3) is 11.3 Å². The Morgan fingerprint density at radius 1 is 1.05 bits per heavy atom. The van der Waals surface area contributed by atoms with Crippen molar-refractivity contribution in [1.82, 2.24) is 15.6 Å². The molecule has 2 amide bonds. The summed E-state index contributed by atoms with van der Waals surface area (Å²) in [7, 11) is 0. The number of aromatic nitrogens is 1. The fourth-order valence-corrected chi connectivity index (χ4v) is 5.22. The number of alkyl halides is 3. The van der Waals surface area contributed by atoms with Gasteiger partial charge in [0.15, 0.2) is 5.78 Å². The summed E-state index contributed by atoms with van der Waals surface area (Å²) >= 11 is 0. The molecule has 0 unspecified atom stereocenters. The van der Waals surface area contributed by atoms with E-state index in [9.17, 15) is 32.3 Å². The molecule has 44 heavy (non-hydrogen) atoms. The number of Topliss-reactive ketones (excluding diaryl/α,β-unsaturated/α-hetero) is 1. The van der Waals surface area contributed by atoms with Crippen LogP contribution >= 0.6 is 0 Å². The Labute approximate surface area is 253 Å². The maximum absolute atomic E-state index is 13.7. The van der Waals surface area contributed by atoms with Gasteiger partial charge in [0.2, 0.25) is 11.8 Å². The molecule has 3 aromatic rings. The normalized spacial score (nSPS) is 16.4. The zero-order chi connectivity index (χ0) is 31.7. The van der Waals surface area contributed by atoms with Crippen LogP contribution in [0.15, 0.2) is 78.9 Å². The zero-order valence-electron chi connectivity index (χ0n) is 24.2. The molecular formula is C33H34F3N3O5. The van der Waals surface area contributed by atoms with Crippen LogP contribution in [0.4, 0.5) is 13.2 Å². The second-order valence-electron chi connectivity index (χ2n) is 10.6. The number of H-pyrrole nitrogens is 1. The van der Waals surface area contributed by atoms with Crippen molar-refractivity contribution in [1.29, 1.82) is 0 Å². The molecule has 0 radical (unpaired) electrons. The molecule has 8 nitrogen and oxygen atoms in total. The lowest BCUT2D eigenvalue weighted by Crippen LogP contribution is -2.41. The number of ether oxygens (including phenoxy) is 1. The molecule has 0 saturated carbocycles. The van der Waals surface area contributed by atoms with Gasteiger partial charge in [0.05, 0.1) is 17.9 Å². The van der Waals surface area contributed by atoms with Gasteiger partial charge in [-0.1, -0.05) is 54.6 Å². The van der Waals surface area contributed by atoms with Crippen LogP contribution in [-0.4, -0.2) is 47.7 Å². The number of benzene rings is 2. The number of carbonyl (C=O) groups is 4. The lowest BCUT2D eigenvalue weighted by atomic mass is 9.91. The Morgan fingerprint density at radius 3 is 2.45 bits per heavy atom. The molecule has 0 aliphatic carbocycles. The summed E-state index contributed by atoms with van der Waals surface area (Å²) in [5, 5.41) is 5.65. The molecule has 3 N–H and O–H groups in total. The second-order valence-corrected chi connectivity index (χ2v) is 10.6. The van der Waals surface area contributed by atoms with E-state index in [0.717, 1.165) is 11.6 Å². The molecule has 0 bridgehead atoms. The van der Waals surface area contributed by atoms with Crippen molar-refractivity contribution < 1.29 is 37.1 Å². The summed E-state index contributed by atoms with van der Waals surface area (Å²) in [6.45, 7) is 2.36. The third-order valence-corrected chi connectivity index (χ3v) is 7.42. The van der Waals surface area contributed by atoms with Crippen LogP contribution in [0.3, 0.4) is 0 Å². The predicted octanol–water partition coefficient (Wildman–Crippen LogP) is 5.26. The zero-order valence-corrected chi connectivity index (χ0v) is 24.2. The molecule has 2 aromatic carbocycles. The number of ketones is 1. The first kappa shape index (κ1) is 32.2. The molecule has 1 aliphatic heterocycles. The van der Waals surface area contributed by atoms with E-state index in [0.29, 0.717) is 13.0 Å². The number of esters is 1. The second kappa shape index (κ2) is 14.7. The number of amides is 2. The van der Waals surface area contributed by atoms with E-state index in [1.807, 2.05) is 30.3 Å². The van der Waals surface area contributed by atoms with Gasteiger partial charge in [-0.05, 0) is 49.9 Å². The van der Waals surface area contributed by atoms with Gasteiger partial charge in [-0.2, -0.15) is 13.2 Å². The van der Waals surface area contributed by atoms with Crippen LogP contribution < -0.4 is 10.6 Å². The van der Waals surface area contributed by atoms with E-state index < -0.39 is 41.4 Å². The van der Waals surface area contributed by atoms with Crippen molar-refractivity contribution in [3.05, 3.63) is 95.7 Å².